The quantitative estimate of drug-likeness (QED) is 0.783. The van der Waals surface area contributed by atoms with Crippen molar-refractivity contribution in [2.24, 2.45) is 0 Å². The summed E-state index contributed by atoms with van der Waals surface area (Å²) >= 11 is 0. The molecule has 2 unspecified atom stereocenters. The fraction of sp³-hybridized carbons (Fsp3) is 0.611. The normalized spacial score (nSPS) is 20.8. The Morgan fingerprint density at radius 2 is 1.96 bits per heavy atom. The van der Waals surface area contributed by atoms with E-state index in [2.05, 4.69) is 43.4 Å². The Balaban J connectivity index is 1.75. The molecule has 27 heavy (non-hydrogen) atoms. The Morgan fingerprint density at radius 1 is 1.22 bits per heavy atom. The van der Waals surface area contributed by atoms with E-state index in [1.807, 2.05) is 19.2 Å². The van der Waals surface area contributed by atoms with Crippen LogP contribution < -0.4 is 10.0 Å². The van der Waals surface area contributed by atoms with Crippen LogP contribution in [0.2, 0.25) is 0 Å². The van der Waals surface area contributed by atoms with Crippen molar-refractivity contribution >= 4 is 16.0 Å². The number of hydrogen-bond donors (Lipinski definition) is 2. The number of nitrogens with one attached hydrogen (secondary N) is 2. The molecule has 0 amide bonds. The van der Waals surface area contributed by atoms with Crippen molar-refractivity contribution in [3.05, 3.63) is 24.3 Å². The highest BCUT2D eigenvalue weighted by atomic mass is 32.2. The summed E-state index contributed by atoms with van der Waals surface area (Å²) < 4.78 is 27.8. The molecule has 0 aromatic carbocycles. The minimum atomic E-state index is -3.19. The number of aromatic nitrogens is 4. The standard InChI is InChI=1S/C18H28N6O2S/c1-12(2)24-13(3)20-11-17(24)16-8-9-19-18(22-16)21-14-6-5-7-15(10-14)23-27(4,25)26/h8-9,11-12,14-15,23H,5-7,10H2,1-4H3,(H,19,21,22). The highest BCUT2D eigenvalue weighted by Gasteiger charge is 2.24. The van der Waals surface area contributed by atoms with Gasteiger partial charge < -0.3 is 9.88 Å². The van der Waals surface area contributed by atoms with Gasteiger partial charge in [-0.1, -0.05) is 0 Å². The number of sulfonamides is 1. The Hall–Kier alpha value is -2.00. The van der Waals surface area contributed by atoms with Gasteiger partial charge in [0, 0.05) is 24.3 Å². The second-order valence-corrected chi connectivity index (χ2v) is 9.29. The fourth-order valence-electron chi connectivity index (χ4n) is 3.78. The molecule has 1 aliphatic carbocycles. The van der Waals surface area contributed by atoms with Gasteiger partial charge in [-0.3, -0.25) is 0 Å². The molecule has 2 aromatic heterocycles. The topological polar surface area (TPSA) is 102 Å². The lowest BCUT2D eigenvalue weighted by molar-refractivity contribution is 0.385. The summed E-state index contributed by atoms with van der Waals surface area (Å²) in [4.78, 5) is 13.4. The van der Waals surface area contributed by atoms with E-state index in [9.17, 15) is 8.42 Å². The van der Waals surface area contributed by atoms with E-state index in [-0.39, 0.29) is 18.1 Å². The average Bonchev–Trinajstić information content (AvgIpc) is 2.96. The van der Waals surface area contributed by atoms with Crippen LogP contribution in [0.25, 0.3) is 11.4 Å². The van der Waals surface area contributed by atoms with Crippen molar-refractivity contribution in [1.82, 2.24) is 24.2 Å². The van der Waals surface area contributed by atoms with Crippen LogP contribution in [0.1, 0.15) is 51.4 Å². The van der Waals surface area contributed by atoms with Crippen molar-refractivity contribution in [2.45, 2.75) is 64.6 Å². The summed E-state index contributed by atoms with van der Waals surface area (Å²) in [6.45, 7) is 6.23. The van der Waals surface area contributed by atoms with Gasteiger partial charge in [-0.25, -0.2) is 28.1 Å². The molecule has 0 saturated heterocycles. The average molecular weight is 393 g/mol. The molecule has 2 aromatic rings. The lowest BCUT2D eigenvalue weighted by Crippen LogP contribution is -2.41. The van der Waals surface area contributed by atoms with Crippen molar-refractivity contribution in [2.75, 3.05) is 11.6 Å². The number of rotatable bonds is 6. The summed E-state index contributed by atoms with van der Waals surface area (Å²) in [5.41, 5.74) is 1.79. The molecular weight excluding hydrogens is 364 g/mol. The third kappa shape index (κ3) is 5.04. The number of hydrogen-bond acceptors (Lipinski definition) is 6. The molecule has 2 atom stereocenters. The maximum Gasteiger partial charge on any atom is 0.223 e. The van der Waals surface area contributed by atoms with Crippen LogP contribution in [0.15, 0.2) is 18.5 Å². The second kappa shape index (κ2) is 7.93. The molecular formula is C18H28N6O2S. The van der Waals surface area contributed by atoms with Crippen LogP contribution in [0.3, 0.4) is 0 Å². The predicted octanol–water partition coefficient (Wildman–Crippen LogP) is 2.50. The van der Waals surface area contributed by atoms with E-state index in [4.69, 9.17) is 0 Å². The molecule has 0 aliphatic heterocycles. The van der Waals surface area contributed by atoms with Gasteiger partial charge in [-0.2, -0.15) is 0 Å². The Kier molecular flexibility index (Phi) is 5.81. The summed E-state index contributed by atoms with van der Waals surface area (Å²) in [7, 11) is -3.19. The minimum Gasteiger partial charge on any atom is -0.351 e. The molecule has 8 nitrogen and oxygen atoms in total. The lowest BCUT2D eigenvalue weighted by Gasteiger charge is -2.29. The fourth-order valence-corrected chi connectivity index (χ4v) is 4.60. The number of imidazole rings is 1. The number of anilines is 1. The molecule has 1 aliphatic rings. The zero-order valence-corrected chi connectivity index (χ0v) is 17.1. The Bertz CT molecular complexity index is 893. The van der Waals surface area contributed by atoms with Gasteiger partial charge >= 0.3 is 0 Å². The Morgan fingerprint density at radius 3 is 2.67 bits per heavy atom. The highest BCUT2D eigenvalue weighted by Crippen LogP contribution is 2.25. The number of aryl methyl sites for hydroxylation is 1. The van der Waals surface area contributed by atoms with Gasteiger partial charge in [0.25, 0.3) is 0 Å². The Labute approximate surface area is 160 Å². The second-order valence-electron chi connectivity index (χ2n) is 7.51. The minimum absolute atomic E-state index is 0.0422. The molecule has 2 heterocycles. The first kappa shape index (κ1) is 19.8. The molecule has 0 radical (unpaired) electrons. The van der Waals surface area contributed by atoms with Crippen LogP contribution in [-0.2, 0) is 10.0 Å². The van der Waals surface area contributed by atoms with E-state index in [0.29, 0.717) is 5.95 Å². The molecule has 0 spiro atoms. The zero-order valence-electron chi connectivity index (χ0n) is 16.3. The molecule has 1 saturated carbocycles. The van der Waals surface area contributed by atoms with E-state index in [1.165, 1.54) is 6.26 Å². The maximum atomic E-state index is 11.5. The third-order valence-electron chi connectivity index (χ3n) is 4.80. The smallest absolute Gasteiger partial charge is 0.223 e. The lowest BCUT2D eigenvalue weighted by atomic mass is 9.92. The maximum absolute atomic E-state index is 11.5. The largest absolute Gasteiger partial charge is 0.351 e. The molecule has 3 rings (SSSR count). The van der Waals surface area contributed by atoms with E-state index < -0.39 is 10.0 Å². The van der Waals surface area contributed by atoms with Crippen molar-refractivity contribution < 1.29 is 8.42 Å². The molecule has 1 fully saturated rings. The van der Waals surface area contributed by atoms with E-state index in [0.717, 1.165) is 42.9 Å². The first-order chi connectivity index (χ1) is 12.7. The molecule has 2 N–H and O–H groups in total. The van der Waals surface area contributed by atoms with Crippen molar-refractivity contribution in [3.8, 4) is 11.4 Å². The molecule has 148 valence electrons. The first-order valence-corrected chi connectivity index (χ1v) is 11.2. The van der Waals surface area contributed by atoms with Crippen molar-refractivity contribution in [1.29, 1.82) is 0 Å². The van der Waals surface area contributed by atoms with Crippen LogP contribution in [-0.4, -0.2) is 46.3 Å². The van der Waals surface area contributed by atoms with Crippen molar-refractivity contribution in [3.63, 3.8) is 0 Å². The van der Waals surface area contributed by atoms with E-state index in [1.54, 1.807) is 6.20 Å². The predicted molar refractivity (Wildman–Crippen MR) is 106 cm³/mol. The molecule has 0 bridgehead atoms. The third-order valence-corrected chi connectivity index (χ3v) is 5.57. The van der Waals surface area contributed by atoms with Gasteiger partial charge in [0.05, 0.1) is 23.8 Å². The summed E-state index contributed by atoms with van der Waals surface area (Å²) in [5.74, 6) is 1.52. The van der Waals surface area contributed by atoms with Gasteiger partial charge in [0.2, 0.25) is 16.0 Å². The SMILES string of the molecule is Cc1ncc(-c2ccnc(NC3CCCC(NS(C)(=O)=O)C3)n2)n1C(C)C. The zero-order chi connectivity index (χ0) is 19.6. The van der Waals surface area contributed by atoms with Crippen LogP contribution in [0.5, 0.6) is 0 Å². The highest BCUT2D eigenvalue weighted by molar-refractivity contribution is 7.88. The van der Waals surface area contributed by atoms with Crippen LogP contribution in [0, 0.1) is 6.92 Å². The monoisotopic (exact) mass is 392 g/mol. The van der Waals surface area contributed by atoms with Crippen LogP contribution in [0.4, 0.5) is 5.95 Å². The molecule has 9 heteroatoms. The first-order valence-electron chi connectivity index (χ1n) is 9.34. The van der Waals surface area contributed by atoms with Gasteiger partial charge in [0.1, 0.15) is 5.82 Å². The number of nitrogens with zero attached hydrogens (tertiary/aromatic N) is 4. The summed E-state index contributed by atoms with van der Waals surface area (Å²) in [6, 6.07) is 2.27. The van der Waals surface area contributed by atoms with Gasteiger partial charge in [-0.05, 0) is 52.5 Å². The summed E-state index contributed by atoms with van der Waals surface area (Å²) in [6.07, 6.45) is 8.31. The van der Waals surface area contributed by atoms with Gasteiger partial charge in [0.15, 0.2) is 0 Å². The van der Waals surface area contributed by atoms with Crippen LogP contribution >= 0.6 is 0 Å². The van der Waals surface area contributed by atoms with E-state index >= 15 is 0 Å². The van der Waals surface area contributed by atoms with Gasteiger partial charge in [-0.15, -0.1) is 0 Å². The summed E-state index contributed by atoms with van der Waals surface area (Å²) in [5, 5.41) is 3.38.